The lowest BCUT2D eigenvalue weighted by molar-refractivity contribution is 0.244. The van der Waals surface area contributed by atoms with Gasteiger partial charge < -0.3 is 16.0 Å². The predicted molar refractivity (Wildman–Crippen MR) is 176 cm³/mol. The van der Waals surface area contributed by atoms with Crippen LogP contribution in [0.1, 0.15) is 32.1 Å². The topological polar surface area (TPSA) is 280 Å². The van der Waals surface area contributed by atoms with Gasteiger partial charge in [0.25, 0.3) is 30.4 Å². The van der Waals surface area contributed by atoms with Crippen LogP contribution >= 0.6 is 23.2 Å². The summed E-state index contributed by atoms with van der Waals surface area (Å²) in [6, 6.07) is 6.18. The molecule has 0 atom stereocenters. The Morgan fingerprint density at radius 3 is 2.00 bits per heavy atom. The smallest absolute Gasteiger partial charge is 0.319 e. The van der Waals surface area contributed by atoms with E-state index < -0.39 is 67.5 Å². The van der Waals surface area contributed by atoms with E-state index in [1.807, 2.05) is 0 Å². The molecule has 2 amide bonds. The summed E-state index contributed by atoms with van der Waals surface area (Å²) < 4.78 is 102. The number of nitrogens with zero attached hydrogens (tertiary/aromatic N) is 5. The normalized spacial score (nSPS) is 14.6. The molecule has 0 aliphatic heterocycles. The molecule has 1 fully saturated rings. The molecular formula is C26H24Cl2N8O10S3. The van der Waals surface area contributed by atoms with Gasteiger partial charge in [0.1, 0.15) is 21.2 Å². The van der Waals surface area contributed by atoms with Gasteiger partial charge in [0.2, 0.25) is 16.5 Å². The van der Waals surface area contributed by atoms with Crippen molar-refractivity contribution >= 4 is 99.1 Å². The van der Waals surface area contributed by atoms with Crippen molar-refractivity contribution in [3.05, 3.63) is 53.0 Å². The number of urea groups is 1. The summed E-state index contributed by atoms with van der Waals surface area (Å²) in [5, 5.41) is 15.0. The third-order valence-electron chi connectivity index (χ3n) is 7.11. The van der Waals surface area contributed by atoms with Gasteiger partial charge in [0.05, 0.1) is 10.6 Å². The van der Waals surface area contributed by atoms with Gasteiger partial charge in [-0.25, -0.2) is 4.79 Å². The first-order valence-corrected chi connectivity index (χ1v) is 19.0. The molecule has 1 aliphatic rings. The van der Waals surface area contributed by atoms with Gasteiger partial charge in [-0.05, 0) is 83.9 Å². The summed E-state index contributed by atoms with van der Waals surface area (Å²) >= 11 is 11.7. The summed E-state index contributed by atoms with van der Waals surface area (Å²) in [6.07, 6.45) is 4.50. The maximum Gasteiger partial charge on any atom is 0.319 e. The van der Waals surface area contributed by atoms with E-state index in [4.69, 9.17) is 23.2 Å². The first kappa shape index (κ1) is 36.2. The fourth-order valence-corrected chi connectivity index (χ4v) is 7.33. The number of benzene rings is 3. The first-order valence-electron chi connectivity index (χ1n) is 13.9. The zero-order chi connectivity index (χ0) is 35.7. The molecule has 1 aliphatic carbocycles. The minimum Gasteiger partial charge on any atom is -0.335 e. The molecule has 3 aromatic carbocycles. The third-order valence-corrected chi connectivity index (χ3v) is 10.1. The summed E-state index contributed by atoms with van der Waals surface area (Å²) in [7, 11) is -15.3. The van der Waals surface area contributed by atoms with E-state index in [0.29, 0.717) is 17.8 Å². The number of hydrogen-bond donors (Lipinski definition) is 6. The molecule has 18 nitrogen and oxygen atoms in total. The molecule has 0 radical (unpaired) electrons. The van der Waals surface area contributed by atoms with Crippen LogP contribution < -0.4 is 16.0 Å². The molecule has 0 spiro atoms. The van der Waals surface area contributed by atoms with Gasteiger partial charge in [-0.1, -0.05) is 19.3 Å². The van der Waals surface area contributed by atoms with Crippen LogP contribution in [0.25, 0.3) is 10.8 Å². The largest absolute Gasteiger partial charge is 0.335 e. The Morgan fingerprint density at radius 2 is 1.39 bits per heavy atom. The molecule has 0 saturated heterocycles. The molecule has 4 aromatic rings. The highest BCUT2D eigenvalue weighted by atomic mass is 35.5. The van der Waals surface area contributed by atoms with E-state index in [1.54, 1.807) is 0 Å². The Morgan fingerprint density at radius 1 is 0.755 bits per heavy atom. The number of carbonyl (C=O) groups excluding carboxylic acids is 1. The van der Waals surface area contributed by atoms with Crippen molar-refractivity contribution in [2.24, 2.45) is 10.2 Å². The Bertz CT molecular complexity index is 2320. The fraction of sp³-hybridized carbons (Fsp3) is 0.231. The SMILES string of the molecule is O=C(Nc1cc(Nc2nc(Cl)nc(Cl)n2)ccc1N=Nc1cc2c(S(=O)(=O)O)cc(S(=O)(=O)O)cc2cc1S(=O)(=O)O)NC1CCCCC1. The van der Waals surface area contributed by atoms with Crippen molar-refractivity contribution < 1.29 is 43.7 Å². The van der Waals surface area contributed by atoms with E-state index in [9.17, 15) is 43.7 Å². The number of hydrogen-bond acceptors (Lipinski definition) is 13. The number of anilines is 3. The molecule has 1 aromatic heterocycles. The van der Waals surface area contributed by atoms with E-state index in [2.05, 4.69) is 41.1 Å². The zero-order valence-electron chi connectivity index (χ0n) is 24.6. The lowest BCUT2D eigenvalue weighted by Crippen LogP contribution is -2.39. The number of amides is 2. The van der Waals surface area contributed by atoms with Crippen LogP contribution in [0.5, 0.6) is 0 Å². The maximum absolute atomic E-state index is 13.0. The number of halogens is 2. The first-order chi connectivity index (χ1) is 22.9. The van der Waals surface area contributed by atoms with Crippen LogP contribution in [0, 0.1) is 0 Å². The van der Waals surface area contributed by atoms with Gasteiger partial charge in [0.15, 0.2) is 0 Å². The predicted octanol–water partition coefficient (Wildman–Crippen LogP) is 5.68. The van der Waals surface area contributed by atoms with Crippen LogP contribution in [0.2, 0.25) is 10.6 Å². The fourth-order valence-electron chi connectivity index (χ4n) is 4.98. The van der Waals surface area contributed by atoms with Crippen molar-refractivity contribution in [1.82, 2.24) is 20.3 Å². The molecule has 6 N–H and O–H groups in total. The number of nitrogens with one attached hydrogen (secondary N) is 3. The molecule has 1 saturated carbocycles. The van der Waals surface area contributed by atoms with Gasteiger partial charge in [-0.15, -0.1) is 10.2 Å². The average Bonchev–Trinajstić information content (AvgIpc) is 2.98. The number of carbonyl (C=O) groups is 1. The summed E-state index contributed by atoms with van der Waals surface area (Å²) in [4.78, 5) is 21.5. The Balaban J connectivity index is 1.60. The van der Waals surface area contributed by atoms with Crippen LogP contribution in [-0.4, -0.2) is 65.9 Å². The van der Waals surface area contributed by atoms with E-state index in [0.717, 1.165) is 44.2 Å². The lowest BCUT2D eigenvalue weighted by Gasteiger charge is -2.23. The lowest BCUT2D eigenvalue weighted by atomic mass is 9.96. The second-order valence-corrected chi connectivity index (χ2v) is 15.5. The highest BCUT2D eigenvalue weighted by Gasteiger charge is 2.25. The number of fused-ring (bicyclic) bond motifs is 1. The van der Waals surface area contributed by atoms with Crippen LogP contribution in [-0.2, 0) is 30.4 Å². The van der Waals surface area contributed by atoms with E-state index in [1.165, 1.54) is 18.2 Å². The van der Waals surface area contributed by atoms with Crippen LogP contribution in [0.3, 0.4) is 0 Å². The minimum atomic E-state index is -5.16. The molecule has 260 valence electrons. The Labute approximate surface area is 288 Å². The number of aromatic nitrogens is 3. The molecule has 5 rings (SSSR count). The van der Waals surface area contributed by atoms with Gasteiger partial charge in [-0.3, -0.25) is 13.7 Å². The summed E-state index contributed by atoms with van der Waals surface area (Å²) in [6.45, 7) is 0. The summed E-state index contributed by atoms with van der Waals surface area (Å²) in [5.74, 6) is -0.0438. The Hall–Kier alpha value is -4.09. The van der Waals surface area contributed by atoms with Gasteiger partial charge in [0, 0.05) is 17.1 Å². The third kappa shape index (κ3) is 9.13. The molecular weight excluding hydrogens is 751 g/mol. The summed E-state index contributed by atoms with van der Waals surface area (Å²) in [5.41, 5.74) is -0.385. The second kappa shape index (κ2) is 14.0. The van der Waals surface area contributed by atoms with Crippen molar-refractivity contribution in [1.29, 1.82) is 0 Å². The van der Waals surface area contributed by atoms with Gasteiger partial charge in [-0.2, -0.15) is 40.2 Å². The second-order valence-electron chi connectivity index (χ2n) is 10.6. The van der Waals surface area contributed by atoms with E-state index in [-0.39, 0.29) is 33.9 Å². The number of rotatable bonds is 9. The molecule has 1 heterocycles. The van der Waals surface area contributed by atoms with Gasteiger partial charge >= 0.3 is 6.03 Å². The number of azo groups is 1. The molecule has 0 bridgehead atoms. The quantitative estimate of drug-likeness (QED) is 0.0881. The zero-order valence-corrected chi connectivity index (χ0v) is 28.5. The van der Waals surface area contributed by atoms with Crippen molar-refractivity contribution in [3.63, 3.8) is 0 Å². The Kier molecular flexibility index (Phi) is 10.4. The van der Waals surface area contributed by atoms with Crippen molar-refractivity contribution in [3.8, 4) is 0 Å². The highest BCUT2D eigenvalue weighted by Crippen LogP contribution is 2.37. The average molecular weight is 776 g/mol. The van der Waals surface area contributed by atoms with Crippen LogP contribution in [0.4, 0.5) is 33.5 Å². The highest BCUT2D eigenvalue weighted by molar-refractivity contribution is 7.87. The van der Waals surface area contributed by atoms with Crippen LogP contribution in [0.15, 0.2) is 67.4 Å². The van der Waals surface area contributed by atoms with Crippen molar-refractivity contribution in [2.75, 3.05) is 10.6 Å². The maximum atomic E-state index is 13.0. The van der Waals surface area contributed by atoms with E-state index >= 15 is 0 Å². The molecule has 49 heavy (non-hydrogen) atoms. The standard InChI is InChI=1S/C26H24Cl2N8O10S3/c27-23-32-24(28)34-25(33-23)29-15-6-7-18(19(10-15)31-26(37)30-14-4-2-1-3-5-14)35-36-20-12-17-13(9-22(20)49(44,45)46)8-16(47(38,39)40)11-21(17)48(41,42)43/h6-12,14H,1-5H2,(H2,30,31,37)(H,38,39,40)(H,41,42,43)(H,44,45,46)(H,29,32,33,34). The van der Waals surface area contributed by atoms with Crippen molar-refractivity contribution in [2.45, 2.75) is 52.8 Å². The minimum absolute atomic E-state index is 0.0268. The monoisotopic (exact) mass is 774 g/mol. The molecule has 23 heteroatoms. The molecule has 0 unspecified atom stereocenters.